The summed E-state index contributed by atoms with van der Waals surface area (Å²) < 4.78 is 39.2. The van der Waals surface area contributed by atoms with E-state index in [0.29, 0.717) is 5.69 Å². The summed E-state index contributed by atoms with van der Waals surface area (Å²) in [5, 5.41) is 3.89. The molecule has 0 N–H and O–H groups in total. The first-order valence-corrected chi connectivity index (χ1v) is 4.78. The lowest BCUT2D eigenvalue weighted by Gasteiger charge is -2.09. The maximum Gasteiger partial charge on any atom is 0.420 e. The summed E-state index contributed by atoms with van der Waals surface area (Å²) in [5.41, 5.74) is -0.652. The number of fused-ring (bicyclic) bond motifs is 1. The van der Waals surface area contributed by atoms with Gasteiger partial charge in [-0.05, 0) is 19.9 Å². The van der Waals surface area contributed by atoms with Crippen LogP contribution in [0, 0.1) is 13.8 Å². The van der Waals surface area contributed by atoms with E-state index in [1.54, 1.807) is 6.92 Å². The van der Waals surface area contributed by atoms with E-state index < -0.39 is 11.7 Å². The number of alkyl halides is 3. The fourth-order valence-electron chi connectivity index (χ4n) is 1.43. The molecule has 2 heterocycles. The number of halogens is 4. The van der Waals surface area contributed by atoms with Gasteiger partial charge in [0.15, 0.2) is 5.65 Å². The van der Waals surface area contributed by atoms with Crippen molar-refractivity contribution in [2.24, 2.45) is 0 Å². The van der Waals surface area contributed by atoms with Crippen LogP contribution in [0.2, 0.25) is 5.02 Å². The Morgan fingerprint density at radius 1 is 1.31 bits per heavy atom. The zero-order valence-corrected chi connectivity index (χ0v) is 9.19. The van der Waals surface area contributed by atoms with Crippen LogP contribution in [-0.4, -0.2) is 14.6 Å². The van der Waals surface area contributed by atoms with Crippen molar-refractivity contribution in [3.63, 3.8) is 0 Å². The first-order valence-electron chi connectivity index (χ1n) is 4.40. The topological polar surface area (TPSA) is 30.2 Å². The fourth-order valence-corrected chi connectivity index (χ4v) is 1.62. The van der Waals surface area contributed by atoms with Crippen LogP contribution in [0.5, 0.6) is 0 Å². The first-order chi connectivity index (χ1) is 7.30. The number of aryl methyl sites for hydroxylation is 2. The Morgan fingerprint density at radius 2 is 1.94 bits per heavy atom. The predicted octanol–water partition coefficient (Wildman–Crippen LogP) is 3.02. The van der Waals surface area contributed by atoms with Crippen LogP contribution in [0.3, 0.4) is 0 Å². The van der Waals surface area contributed by atoms with E-state index in [1.807, 2.05) is 0 Å². The molecule has 16 heavy (non-hydrogen) atoms. The van der Waals surface area contributed by atoms with E-state index in [1.165, 1.54) is 6.92 Å². The molecule has 0 amide bonds. The maximum atomic E-state index is 12.7. The molecular weight excluding hydrogens is 243 g/mol. The minimum absolute atomic E-state index is 0.0183. The molecule has 3 nitrogen and oxygen atoms in total. The Bertz CT molecular complexity index is 559. The molecule has 0 fully saturated rings. The van der Waals surface area contributed by atoms with Gasteiger partial charge in [0, 0.05) is 0 Å². The average molecular weight is 250 g/mol. The fraction of sp³-hybridized carbons (Fsp3) is 0.333. The van der Waals surface area contributed by atoms with Crippen LogP contribution in [0.15, 0.2) is 6.07 Å². The zero-order chi connectivity index (χ0) is 12.1. The van der Waals surface area contributed by atoms with Gasteiger partial charge in [-0.25, -0.2) is 9.50 Å². The van der Waals surface area contributed by atoms with Crippen molar-refractivity contribution in [3.05, 3.63) is 28.2 Å². The smallest absolute Gasteiger partial charge is 0.216 e. The van der Waals surface area contributed by atoms with Crippen LogP contribution < -0.4 is 0 Å². The normalized spacial score (nSPS) is 12.4. The quantitative estimate of drug-likeness (QED) is 0.718. The first kappa shape index (κ1) is 11.2. The molecule has 0 saturated carbocycles. The number of nitrogens with zero attached hydrogens (tertiary/aromatic N) is 3. The molecular formula is C9H7ClF3N3. The average Bonchev–Trinajstić information content (AvgIpc) is 2.51. The molecule has 2 rings (SSSR count). The summed E-state index contributed by atoms with van der Waals surface area (Å²) in [4.78, 5) is 3.75. The minimum atomic E-state index is -4.49. The Balaban J connectivity index is 2.90. The summed E-state index contributed by atoms with van der Waals surface area (Å²) in [5.74, 6) is 0.274. The highest BCUT2D eigenvalue weighted by Crippen LogP contribution is 2.34. The van der Waals surface area contributed by atoms with E-state index >= 15 is 0 Å². The molecule has 0 bridgehead atoms. The molecule has 0 aliphatic carbocycles. The SMILES string of the molecule is Cc1nc2c(C(F)(F)F)cc(Cl)c(C)n2n1. The third kappa shape index (κ3) is 1.63. The summed E-state index contributed by atoms with van der Waals surface area (Å²) in [6, 6.07) is 0.875. The third-order valence-electron chi connectivity index (χ3n) is 2.19. The summed E-state index contributed by atoms with van der Waals surface area (Å²) in [7, 11) is 0. The van der Waals surface area contributed by atoms with E-state index in [4.69, 9.17) is 11.6 Å². The van der Waals surface area contributed by atoms with Crippen LogP contribution in [0.1, 0.15) is 17.1 Å². The van der Waals surface area contributed by atoms with Gasteiger partial charge in [0.25, 0.3) is 0 Å². The molecule has 0 unspecified atom stereocenters. The maximum absolute atomic E-state index is 12.7. The molecule has 2 aromatic rings. The van der Waals surface area contributed by atoms with Gasteiger partial charge < -0.3 is 0 Å². The van der Waals surface area contributed by atoms with E-state index in [9.17, 15) is 13.2 Å². The number of hydrogen-bond donors (Lipinski definition) is 0. The van der Waals surface area contributed by atoms with Crippen molar-refractivity contribution in [1.29, 1.82) is 0 Å². The van der Waals surface area contributed by atoms with Gasteiger partial charge in [-0.1, -0.05) is 11.6 Å². The third-order valence-corrected chi connectivity index (χ3v) is 2.58. The molecule has 0 aliphatic heterocycles. The number of hydrogen-bond acceptors (Lipinski definition) is 2. The second kappa shape index (κ2) is 3.35. The van der Waals surface area contributed by atoms with E-state index in [0.717, 1.165) is 10.6 Å². The zero-order valence-electron chi connectivity index (χ0n) is 8.43. The predicted molar refractivity (Wildman–Crippen MR) is 52.5 cm³/mol. The molecule has 0 saturated heterocycles. The summed E-state index contributed by atoms with van der Waals surface area (Å²) in [6.45, 7) is 3.12. The van der Waals surface area contributed by atoms with Gasteiger partial charge in [-0.2, -0.15) is 18.3 Å². The van der Waals surface area contributed by atoms with E-state index in [-0.39, 0.29) is 16.5 Å². The van der Waals surface area contributed by atoms with Crippen molar-refractivity contribution in [3.8, 4) is 0 Å². The van der Waals surface area contributed by atoms with E-state index in [2.05, 4.69) is 10.1 Å². The molecule has 2 aromatic heterocycles. The lowest BCUT2D eigenvalue weighted by molar-refractivity contribution is -0.136. The minimum Gasteiger partial charge on any atom is -0.216 e. The number of pyridine rings is 1. The Morgan fingerprint density at radius 3 is 2.50 bits per heavy atom. The molecule has 7 heteroatoms. The molecule has 86 valence electrons. The van der Waals surface area contributed by atoms with Crippen LogP contribution in [0.25, 0.3) is 5.65 Å². The van der Waals surface area contributed by atoms with Crippen molar-refractivity contribution in [2.45, 2.75) is 20.0 Å². The molecule has 0 spiro atoms. The Kier molecular flexibility index (Phi) is 2.34. The van der Waals surface area contributed by atoms with Gasteiger partial charge >= 0.3 is 6.18 Å². The standard InChI is InChI=1S/C9H7ClF3N3/c1-4-7(10)3-6(9(11,12)13)8-14-5(2)15-16(4)8/h3H,1-2H3. The molecule has 0 aromatic carbocycles. The molecule has 0 atom stereocenters. The van der Waals surface area contributed by atoms with Crippen molar-refractivity contribution in [1.82, 2.24) is 14.6 Å². The summed E-state index contributed by atoms with van der Waals surface area (Å²) >= 11 is 5.72. The monoisotopic (exact) mass is 249 g/mol. The van der Waals surface area contributed by atoms with Crippen LogP contribution >= 0.6 is 11.6 Å². The lowest BCUT2D eigenvalue weighted by atomic mass is 10.2. The molecule has 0 radical (unpaired) electrons. The summed E-state index contributed by atoms with van der Waals surface area (Å²) in [6.07, 6.45) is -4.49. The second-order valence-electron chi connectivity index (χ2n) is 3.38. The van der Waals surface area contributed by atoms with Gasteiger partial charge in [-0.15, -0.1) is 0 Å². The van der Waals surface area contributed by atoms with Crippen molar-refractivity contribution < 1.29 is 13.2 Å². The largest absolute Gasteiger partial charge is 0.420 e. The van der Waals surface area contributed by atoms with Crippen LogP contribution in [-0.2, 0) is 6.18 Å². The Hall–Kier alpha value is -1.30. The highest BCUT2D eigenvalue weighted by atomic mass is 35.5. The highest BCUT2D eigenvalue weighted by Gasteiger charge is 2.35. The number of aromatic nitrogens is 3. The highest BCUT2D eigenvalue weighted by molar-refractivity contribution is 6.31. The van der Waals surface area contributed by atoms with Gasteiger partial charge in [0.1, 0.15) is 11.4 Å². The second-order valence-corrected chi connectivity index (χ2v) is 3.79. The number of rotatable bonds is 0. The van der Waals surface area contributed by atoms with Crippen molar-refractivity contribution >= 4 is 17.2 Å². The van der Waals surface area contributed by atoms with Gasteiger partial charge in [-0.3, -0.25) is 0 Å². The Labute approximate surface area is 93.9 Å². The van der Waals surface area contributed by atoms with Gasteiger partial charge in [0.2, 0.25) is 0 Å². The van der Waals surface area contributed by atoms with Crippen molar-refractivity contribution in [2.75, 3.05) is 0 Å². The lowest BCUT2D eigenvalue weighted by Crippen LogP contribution is -2.09. The molecule has 0 aliphatic rings. The van der Waals surface area contributed by atoms with Crippen LogP contribution in [0.4, 0.5) is 13.2 Å². The van der Waals surface area contributed by atoms with Gasteiger partial charge in [0.05, 0.1) is 10.7 Å².